The Morgan fingerprint density at radius 1 is 1.36 bits per heavy atom. The molecule has 22 heavy (non-hydrogen) atoms. The fourth-order valence-corrected chi connectivity index (χ4v) is 3.48. The first-order chi connectivity index (χ1) is 10.8. The van der Waals surface area contributed by atoms with Crippen molar-refractivity contribution in [3.63, 3.8) is 0 Å². The zero-order valence-electron chi connectivity index (χ0n) is 12.4. The van der Waals surface area contributed by atoms with Crippen molar-refractivity contribution in [1.82, 2.24) is 14.9 Å². The zero-order valence-corrected chi connectivity index (χ0v) is 12.4. The Bertz CT molecular complexity index is 604. The Labute approximate surface area is 129 Å². The van der Waals surface area contributed by atoms with Crippen molar-refractivity contribution in [3.8, 4) is 0 Å². The molecule has 0 radical (unpaired) electrons. The van der Waals surface area contributed by atoms with Crippen molar-refractivity contribution in [2.24, 2.45) is 0 Å². The lowest BCUT2D eigenvalue weighted by atomic mass is 9.97. The number of nitrogens with zero attached hydrogens (tertiary/aromatic N) is 3. The van der Waals surface area contributed by atoms with E-state index in [9.17, 15) is 0 Å². The van der Waals surface area contributed by atoms with Gasteiger partial charge in [-0.15, -0.1) is 0 Å². The van der Waals surface area contributed by atoms with Gasteiger partial charge in [-0.1, -0.05) is 0 Å². The van der Waals surface area contributed by atoms with Crippen LogP contribution >= 0.6 is 0 Å². The normalized spacial score (nSPS) is 28.5. The largest absolute Gasteiger partial charge is 0.472 e. The van der Waals surface area contributed by atoms with E-state index in [1.807, 2.05) is 18.4 Å². The number of hydrogen-bond acceptors (Lipinski definition) is 6. The SMILES string of the molecule is c1cnc(N[C@@H]2CO[C@]3(CCN(Cc4ccoc4)C3)C2)nc1. The van der Waals surface area contributed by atoms with Crippen LogP contribution in [-0.2, 0) is 11.3 Å². The highest BCUT2D eigenvalue weighted by molar-refractivity contribution is 5.25. The molecule has 4 rings (SSSR count). The first-order valence-electron chi connectivity index (χ1n) is 7.72. The minimum atomic E-state index is -0.0177. The molecular formula is C16H20N4O2. The molecule has 1 N–H and O–H groups in total. The lowest BCUT2D eigenvalue weighted by Gasteiger charge is -2.23. The summed E-state index contributed by atoms with van der Waals surface area (Å²) in [5.41, 5.74) is 1.21. The highest BCUT2D eigenvalue weighted by atomic mass is 16.5. The third kappa shape index (κ3) is 2.84. The van der Waals surface area contributed by atoms with E-state index in [0.29, 0.717) is 5.95 Å². The molecule has 2 atom stereocenters. The van der Waals surface area contributed by atoms with Crippen LogP contribution in [0.2, 0.25) is 0 Å². The Kier molecular flexibility index (Phi) is 3.56. The number of furan rings is 1. The van der Waals surface area contributed by atoms with Gasteiger partial charge in [-0.05, 0) is 18.6 Å². The molecule has 6 nitrogen and oxygen atoms in total. The number of aromatic nitrogens is 2. The molecular weight excluding hydrogens is 280 g/mol. The predicted molar refractivity (Wildman–Crippen MR) is 81.3 cm³/mol. The van der Waals surface area contributed by atoms with Crippen molar-refractivity contribution in [3.05, 3.63) is 42.6 Å². The first-order valence-corrected chi connectivity index (χ1v) is 7.72. The van der Waals surface area contributed by atoms with Crippen LogP contribution in [0.4, 0.5) is 5.95 Å². The molecule has 2 aromatic heterocycles. The standard InChI is InChI=1S/C16H20N4O2/c1-4-17-15(18-5-1)19-14-8-16(22-11-14)3-6-20(12-16)9-13-2-7-21-10-13/h1-2,4-5,7,10,14H,3,6,8-9,11-12H2,(H,17,18,19)/t14-,16+/m0/s1. The minimum Gasteiger partial charge on any atom is -0.472 e. The van der Waals surface area contributed by atoms with Gasteiger partial charge < -0.3 is 14.5 Å². The van der Waals surface area contributed by atoms with E-state index in [4.69, 9.17) is 9.15 Å². The van der Waals surface area contributed by atoms with Crippen LogP contribution in [0.15, 0.2) is 41.5 Å². The van der Waals surface area contributed by atoms with Gasteiger partial charge in [0.2, 0.25) is 5.95 Å². The minimum absolute atomic E-state index is 0.0177. The van der Waals surface area contributed by atoms with Gasteiger partial charge in [-0.25, -0.2) is 9.97 Å². The lowest BCUT2D eigenvalue weighted by molar-refractivity contribution is 0.0120. The number of rotatable bonds is 4. The monoisotopic (exact) mass is 300 g/mol. The number of anilines is 1. The van der Waals surface area contributed by atoms with Crippen LogP contribution in [0.1, 0.15) is 18.4 Å². The average Bonchev–Trinajstić information content (AvgIpc) is 3.25. The van der Waals surface area contributed by atoms with E-state index in [0.717, 1.165) is 39.1 Å². The van der Waals surface area contributed by atoms with E-state index in [1.165, 1.54) is 5.56 Å². The number of ether oxygens (including phenoxy) is 1. The summed E-state index contributed by atoms with van der Waals surface area (Å²) < 4.78 is 11.3. The summed E-state index contributed by atoms with van der Waals surface area (Å²) in [6.45, 7) is 3.70. The molecule has 4 heterocycles. The molecule has 2 aliphatic rings. The maximum absolute atomic E-state index is 6.15. The molecule has 6 heteroatoms. The smallest absolute Gasteiger partial charge is 0.222 e. The van der Waals surface area contributed by atoms with Crippen LogP contribution in [-0.4, -0.2) is 46.2 Å². The molecule has 2 aliphatic heterocycles. The summed E-state index contributed by atoms with van der Waals surface area (Å²) in [5, 5.41) is 3.37. The molecule has 2 fully saturated rings. The summed E-state index contributed by atoms with van der Waals surface area (Å²) in [6.07, 6.45) is 9.14. The zero-order chi connectivity index (χ0) is 14.8. The molecule has 0 bridgehead atoms. The predicted octanol–water partition coefficient (Wildman–Crippen LogP) is 1.92. The third-order valence-corrected chi connectivity index (χ3v) is 4.49. The molecule has 2 saturated heterocycles. The summed E-state index contributed by atoms with van der Waals surface area (Å²) in [5.74, 6) is 0.682. The molecule has 0 aromatic carbocycles. The fraction of sp³-hybridized carbons (Fsp3) is 0.500. The number of likely N-dealkylation sites (tertiary alicyclic amines) is 1. The van der Waals surface area contributed by atoms with Crippen LogP contribution in [0.3, 0.4) is 0 Å². The topological polar surface area (TPSA) is 63.4 Å². The van der Waals surface area contributed by atoms with Crippen LogP contribution in [0.25, 0.3) is 0 Å². The van der Waals surface area contributed by atoms with Gasteiger partial charge in [0.25, 0.3) is 0 Å². The van der Waals surface area contributed by atoms with E-state index in [2.05, 4.69) is 20.2 Å². The molecule has 0 unspecified atom stereocenters. The number of hydrogen-bond donors (Lipinski definition) is 1. The molecule has 2 aromatic rings. The highest BCUT2D eigenvalue weighted by Gasteiger charge is 2.45. The van der Waals surface area contributed by atoms with Crippen molar-refractivity contribution in [2.75, 3.05) is 25.0 Å². The summed E-state index contributed by atoms with van der Waals surface area (Å²) in [7, 11) is 0. The maximum atomic E-state index is 6.15. The Balaban J connectivity index is 1.34. The Morgan fingerprint density at radius 2 is 2.27 bits per heavy atom. The van der Waals surface area contributed by atoms with Gasteiger partial charge in [-0.3, -0.25) is 4.90 Å². The lowest BCUT2D eigenvalue weighted by Crippen LogP contribution is -2.33. The van der Waals surface area contributed by atoms with Gasteiger partial charge >= 0.3 is 0 Å². The van der Waals surface area contributed by atoms with Gasteiger partial charge in [-0.2, -0.15) is 0 Å². The summed E-state index contributed by atoms with van der Waals surface area (Å²) in [6, 6.07) is 4.14. The maximum Gasteiger partial charge on any atom is 0.222 e. The third-order valence-electron chi connectivity index (χ3n) is 4.49. The van der Waals surface area contributed by atoms with Crippen molar-refractivity contribution >= 4 is 5.95 Å². The molecule has 0 aliphatic carbocycles. The van der Waals surface area contributed by atoms with Crippen molar-refractivity contribution < 1.29 is 9.15 Å². The molecule has 0 saturated carbocycles. The Morgan fingerprint density at radius 3 is 3.09 bits per heavy atom. The second-order valence-electron chi connectivity index (χ2n) is 6.20. The second-order valence-corrected chi connectivity index (χ2v) is 6.20. The van der Waals surface area contributed by atoms with Gasteiger partial charge in [0.05, 0.1) is 30.8 Å². The van der Waals surface area contributed by atoms with Gasteiger partial charge in [0, 0.05) is 44.0 Å². The van der Waals surface area contributed by atoms with E-state index >= 15 is 0 Å². The van der Waals surface area contributed by atoms with E-state index < -0.39 is 0 Å². The second kappa shape index (κ2) is 5.70. The van der Waals surface area contributed by atoms with Crippen LogP contribution in [0, 0.1) is 0 Å². The van der Waals surface area contributed by atoms with Gasteiger partial charge in [0.15, 0.2) is 0 Å². The highest BCUT2D eigenvalue weighted by Crippen LogP contribution is 2.36. The Hall–Kier alpha value is -1.92. The van der Waals surface area contributed by atoms with Crippen molar-refractivity contribution in [1.29, 1.82) is 0 Å². The molecule has 1 spiro atoms. The number of nitrogens with one attached hydrogen (secondary N) is 1. The van der Waals surface area contributed by atoms with Gasteiger partial charge in [0.1, 0.15) is 0 Å². The molecule has 0 amide bonds. The van der Waals surface area contributed by atoms with Crippen LogP contribution in [0.5, 0.6) is 0 Å². The quantitative estimate of drug-likeness (QED) is 0.930. The fourth-order valence-electron chi connectivity index (χ4n) is 3.48. The first kappa shape index (κ1) is 13.7. The van der Waals surface area contributed by atoms with Crippen molar-refractivity contribution in [2.45, 2.75) is 31.0 Å². The summed E-state index contributed by atoms with van der Waals surface area (Å²) in [4.78, 5) is 10.9. The summed E-state index contributed by atoms with van der Waals surface area (Å²) >= 11 is 0. The van der Waals surface area contributed by atoms with Crippen LogP contribution < -0.4 is 5.32 Å². The van der Waals surface area contributed by atoms with E-state index in [1.54, 1.807) is 18.7 Å². The molecule has 116 valence electrons. The van der Waals surface area contributed by atoms with E-state index in [-0.39, 0.29) is 11.6 Å². The average molecular weight is 300 g/mol.